The van der Waals surface area contributed by atoms with E-state index in [-0.39, 0.29) is 0 Å². The molecule has 1 aliphatic rings. The molecular weight excluding hydrogens is 210 g/mol. The Balaban J connectivity index is 2.23. The molecule has 0 radical (unpaired) electrons. The predicted octanol–water partition coefficient (Wildman–Crippen LogP) is 2.98. The minimum atomic E-state index is 0.575. The molecule has 0 spiro atoms. The molecule has 1 N–H and O–H groups in total. The first-order valence-electron chi connectivity index (χ1n) is 6.64. The molecule has 1 fully saturated rings. The average molecular weight is 233 g/mol. The van der Waals surface area contributed by atoms with E-state index >= 15 is 0 Å². The van der Waals surface area contributed by atoms with E-state index in [1.54, 1.807) is 0 Å². The molecular formula is C14H23N3. The van der Waals surface area contributed by atoms with Gasteiger partial charge in [0, 0.05) is 19.3 Å². The lowest BCUT2D eigenvalue weighted by molar-refractivity contribution is 0.157. The van der Waals surface area contributed by atoms with Crippen LogP contribution in [-0.2, 0) is 0 Å². The van der Waals surface area contributed by atoms with Gasteiger partial charge in [0.05, 0.1) is 0 Å². The van der Waals surface area contributed by atoms with Crippen molar-refractivity contribution in [1.82, 2.24) is 9.88 Å². The van der Waals surface area contributed by atoms with Crippen molar-refractivity contribution in [3.63, 3.8) is 0 Å². The molecule has 17 heavy (non-hydrogen) atoms. The Morgan fingerprint density at radius 1 is 1.47 bits per heavy atom. The molecule has 1 unspecified atom stereocenters. The number of aryl methyl sites for hydroxylation is 1. The van der Waals surface area contributed by atoms with Gasteiger partial charge in [-0.05, 0) is 50.0 Å². The van der Waals surface area contributed by atoms with Gasteiger partial charge in [0.1, 0.15) is 5.82 Å². The molecule has 3 nitrogen and oxygen atoms in total. The van der Waals surface area contributed by atoms with Crippen LogP contribution in [0.2, 0.25) is 0 Å². The maximum Gasteiger partial charge on any atom is 0.128 e. The highest BCUT2D eigenvalue weighted by molar-refractivity contribution is 5.44. The van der Waals surface area contributed by atoms with Gasteiger partial charge in [0.25, 0.3) is 0 Å². The topological polar surface area (TPSA) is 28.2 Å². The van der Waals surface area contributed by atoms with Crippen molar-refractivity contribution >= 4 is 5.82 Å². The zero-order valence-corrected chi connectivity index (χ0v) is 11.2. The summed E-state index contributed by atoms with van der Waals surface area (Å²) in [4.78, 5) is 7.07. The summed E-state index contributed by atoms with van der Waals surface area (Å²) in [5.74, 6) is 0.993. The molecule has 0 aliphatic carbocycles. The number of nitrogens with zero attached hydrogens (tertiary/aromatic N) is 2. The van der Waals surface area contributed by atoms with Gasteiger partial charge in [0.2, 0.25) is 0 Å². The van der Waals surface area contributed by atoms with Crippen LogP contribution < -0.4 is 5.32 Å². The normalized spacial score (nSPS) is 21.5. The van der Waals surface area contributed by atoms with Gasteiger partial charge >= 0.3 is 0 Å². The van der Waals surface area contributed by atoms with Crippen LogP contribution in [0.25, 0.3) is 0 Å². The smallest absolute Gasteiger partial charge is 0.128 e. The van der Waals surface area contributed by atoms with Crippen LogP contribution in [0.4, 0.5) is 5.82 Å². The third kappa shape index (κ3) is 2.60. The summed E-state index contributed by atoms with van der Waals surface area (Å²) in [5.41, 5.74) is 2.62. The zero-order valence-electron chi connectivity index (χ0n) is 11.2. The predicted molar refractivity (Wildman–Crippen MR) is 72.4 cm³/mol. The highest BCUT2D eigenvalue weighted by Gasteiger charge is 2.23. The van der Waals surface area contributed by atoms with E-state index in [4.69, 9.17) is 0 Å². The SMILES string of the molecule is CCN1CCCCC1c1cnc(NC)c(C)c1. The molecule has 0 saturated carbocycles. The number of hydrogen-bond acceptors (Lipinski definition) is 3. The summed E-state index contributed by atoms with van der Waals surface area (Å²) in [6.45, 7) is 6.74. The van der Waals surface area contributed by atoms with E-state index in [0.29, 0.717) is 6.04 Å². The highest BCUT2D eigenvalue weighted by Crippen LogP contribution is 2.31. The molecule has 94 valence electrons. The van der Waals surface area contributed by atoms with E-state index in [1.165, 1.54) is 36.9 Å². The Hall–Kier alpha value is -1.09. The van der Waals surface area contributed by atoms with Gasteiger partial charge in [-0.25, -0.2) is 4.98 Å². The van der Waals surface area contributed by atoms with E-state index in [0.717, 1.165) is 12.4 Å². The fourth-order valence-electron chi connectivity index (χ4n) is 2.79. The lowest BCUT2D eigenvalue weighted by Gasteiger charge is -2.35. The first kappa shape index (κ1) is 12.4. The zero-order chi connectivity index (χ0) is 12.3. The van der Waals surface area contributed by atoms with Crippen LogP contribution in [0.15, 0.2) is 12.3 Å². The average Bonchev–Trinajstić information content (AvgIpc) is 2.38. The Kier molecular flexibility index (Phi) is 4.00. The summed E-state index contributed by atoms with van der Waals surface area (Å²) in [7, 11) is 1.92. The highest BCUT2D eigenvalue weighted by atomic mass is 15.2. The van der Waals surface area contributed by atoms with Crippen LogP contribution >= 0.6 is 0 Å². The van der Waals surface area contributed by atoms with Crippen molar-refractivity contribution in [2.24, 2.45) is 0 Å². The molecule has 1 aromatic heterocycles. The van der Waals surface area contributed by atoms with E-state index < -0.39 is 0 Å². The second kappa shape index (κ2) is 5.50. The van der Waals surface area contributed by atoms with Crippen molar-refractivity contribution in [2.45, 2.75) is 39.2 Å². The van der Waals surface area contributed by atoms with Gasteiger partial charge in [-0.1, -0.05) is 13.3 Å². The molecule has 3 heteroatoms. The maximum atomic E-state index is 4.50. The summed E-state index contributed by atoms with van der Waals surface area (Å²) in [6.07, 6.45) is 5.99. The third-order valence-electron chi connectivity index (χ3n) is 3.74. The molecule has 1 saturated heterocycles. The van der Waals surface area contributed by atoms with Gasteiger partial charge in [-0.15, -0.1) is 0 Å². The lowest BCUT2D eigenvalue weighted by Crippen LogP contribution is -2.33. The molecule has 2 rings (SSSR count). The Morgan fingerprint density at radius 3 is 2.94 bits per heavy atom. The summed E-state index contributed by atoms with van der Waals surface area (Å²) < 4.78 is 0. The molecule has 2 heterocycles. The number of aromatic nitrogens is 1. The Bertz CT molecular complexity index is 376. The minimum absolute atomic E-state index is 0.575. The summed E-state index contributed by atoms with van der Waals surface area (Å²) in [5, 5.41) is 3.13. The number of pyridine rings is 1. The molecule has 1 aliphatic heterocycles. The largest absolute Gasteiger partial charge is 0.373 e. The first-order valence-corrected chi connectivity index (χ1v) is 6.64. The molecule has 0 amide bonds. The van der Waals surface area contributed by atoms with Crippen molar-refractivity contribution in [1.29, 1.82) is 0 Å². The van der Waals surface area contributed by atoms with Crippen molar-refractivity contribution in [3.05, 3.63) is 23.4 Å². The second-order valence-corrected chi connectivity index (χ2v) is 4.82. The van der Waals surface area contributed by atoms with Crippen molar-refractivity contribution in [3.8, 4) is 0 Å². The van der Waals surface area contributed by atoms with E-state index in [2.05, 4.69) is 35.1 Å². The fraction of sp³-hybridized carbons (Fsp3) is 0.643. The minimum Gasteiger partial charge on any atom is -0.373 e. The number of nitrogens with one attached hydrogen (secondary N) is 1. The third-order valence-corrected chi connectivity index (χ3v) is 3.74. The van der Waals surface area contributed by atoms with E-state index in [1.807, 2.05) is 13.2 Å². The summed E-state index contributed by atoms with van der Waals surface area (Å²) in [6, 6.07) is 2.86. The molecule has 0 aromatic carbocycles. The number of hydrogen-bond donors (Lipinski definition) is 1. The Morgan fingerprint density at radius 2 is 2.29 bits per heavy atom. The van der Waals surface area contributed by atoms with Crippen LogP contribution in [0.1, 0.15) is 43.4 Å². The number of rotatable bonds is 3. The molecule has 1 atom stereocenters. The van der Waals surface area contributed by atoms with Gasteiger partial charge < -0.3 is 5.32 Å². The van der Waals surface area contributed by atoms with Gasteiger partial charge in [-0.2, -0.15) is 0 Å². The summed E-state index contributed by atoms with van der Waals surface area (Å²) >= 11 is 0. The number of anilines is 1. The van der Waals surface area contributed by atoms with Crippen molar-refractivity contribution < 1.29 is 0 Å². The van der Waals surface area contributed by atoms with Gasteiger partial charge in [-0.3, -0.25) is 4.90 Å². The quantitative estimate of drug-likeness (QED) is 0.870. The Labute approximate surface area is 104 Å². The molecule has 1 aromatic rings. The van der Waals surface area contributed by atoms with Gasteiger partial charge in [0.15, 0.2) is 0 Å². The standard InChI is InChI=1S/C14H23N3/c1-4-17-8-6-5-7-13(17)12-9-11(2)14(15-3)16-10-12/h9-10,13H,4-8H2,1-3H3,(H,15,16). The van der Waals surface area contributed by atoms with Crippen LogP contribution in [0, 0.1) is 6.92 Å². The van der Waals surface area contributed by atoms with E-state index in [9.17, 15) is 0 Å². The van der Waals surface area contributed by atoms with Crippen LogP contribution in [-0.4, -0.2) is 30.0 Å². The van der Waals surface area contributed by atoms with Crippen molar-refractivity contribution in [2.75, 3.05) is 25.5 Å². The lowest BCUT2D eigenvalue weighted by atomic mass is 9.95. The monoisotopic (exact) mass is 233 g/mol. The van der Waals surface area contributed by atoms with Crippen LogP contribution in [0.5, 0.6) is 0 Å². The fourth-order valence-corrected chi connectivity index (χ4v) is 2.79. The second-order valence-electron chi connectivity index (χ2n) is 4.82. The molecule has 0 bridgehead atoms. The van der Waals surface area contributed by atoms with Crippen LogP contribution in [0.3, 0.4) is 0 Å². The number of piperidine rings is 1. The first-order chi connectivity index (χ1) is 8.26. The number of likely N-dealkylation sites (tertiary alicyclic amines) is 1. The maximum absolute atomic E-state index is 4.50.